The molecule has 27 heavy (non-hydrogen) atoms. The van der Waals surface area contributed by atoms with Crippen LogP contribution in [-0.2, 0) is 4.74 Å². The van der Waals surface area contributed by atoms with Gasteiger partial charge in [0.1, 0.15) is 11.5 Å². The van der Waals surface area contributed by atoms with Crippen LogP contribution in [-0.4, -0.2) is 47.2 Å². The molecule has 0 aliphatic heterocycles. The third-order valence-corrected chi connectivity index (χ3v) is 4.59. The van der Waals surface area contributed by atoms with Gasteiger partial charge in [-0.05, 0) is 51.5 Å². The number of amides is 1. The molecular weight excluding hydrogens is 351 g/mol. The molecule has 7 heteroatoms. The number of carbonyl (C=O) groups excluding carboxylic acids is 3. The van der Waals surface area contributed by atoms with Crippen molar-refractivity contribution in [2.24, 2.45) is 0 Å². The van der Waals surface area contributed by atoms with Crippen molar-refractivity contribution >= 4 is 17.7 Å². The summed E-state index contributed by atoms with van der Waals surface area (Å²) >= 11 is 0. The number of esters is 1. The molecule has 1 aromatic carbocycles. The fourth-order valence-electron chi connectivity index (χ4n) is 3.16. The molecule has 0 fully saturated rings. The van der Waals surface area contributed by atoms with Crippen molar-refractivity contribution in [3.8, 4) is 0 Å². The van der Waals surface area contributed by atoms with Crippen LogP contribution in [0.2, 0.25) is 0 Å². The fourth-order valence-corrected chi connectivity index (χ4v) is 3.16. The molecule has 0 saturated carbocycles. The van der Waals surface area contributed by atoms with Gasteiger partial charge in [0.25, 0.3) is 5.91 Å². The Balaban J connectivity index is 2.36. The lowest BCUT2D eigenvalue weighted by Crippen LogP contribution is -2.43. The van der Waals surface area contributed by atoms with E-state index in [1.54, 1.807) is 27.7 Å². The highest BCUT2D eigenvalue weighted by molar-refractivity contribution is 6.07. The SMILES string of the molecule is CCN(C(=O)c1cccc(F)c1)[C@@H](C)C(=O)c1c(C)[nH]c(C(=O)OC)c1C. The summed E-state index contributed by atoms with van der Waals surface area (Å²) in [6.45, 7) is 6.98. The summed E-state index contributed by atoms with van der Waals surface area (Å²) in [4.78, 5) is 41.9. The minimum absolute atomic E-state index is 0.175. The number of Topliss-reactive ketones (excluding diaryl/α,β-unsaturated/α-hetero) is 1. The largest absolute Gasteiger partial charge is 0.464 e. The number of nitrogens with zero attached hydrogens (tertiary/aromatic N) is 1. The first kappa shape index (κ1) is 20.4. The number of benzene rings is 1. The standard InChI is InChI=1S/C20H23FN2O4/c1-6-23(19(25)14-8-7-9-15(21)10-14)13(4)18(24)16-11(2)17(20(26)27-5)22-12(16)3/h7-10,13,22H,6H2,1-5H3/t13-/m0/s1. The Kier molecular flexibility index (Phi) is 6.15. The lowest BCUT2D eigenvalue weighted by molar-refractivity contribution is 0.0593. The lowest BCUT2D eigenvalue weighted by Gasteiger charge is -2.27. The smallest absolute Gasteiger partial charge is 0.354 e. The normalized spacial score (nSPS) is 11.8. The van der Waals surface area contributed by atoms with Crippen LogP contribution in [0.25, 0.3) is 0 Å². The Morgan fingerprint density at radius 1 is 1.26 bits per heavy atom. The second-order valence-electron chi connectivity index (χ2n) is 6.26. The van der Waals surface area contributed by atoms with E-state index in [9.17, 15) is 18.8 Å². The molecule has 2 aromatic rings. The topological polar surface area (TPSA) is 79.5 Å². The van der Waals surface area contributed by atoms with Crippen LogP contribution < -0.4 is 0 Å². The average molecular weight is 374 g/mol. The second kappa shape index (κ2) is 8.16. The van der Waals surface area contributed by atoms with Crippen molar-refractivity contribution in [2.75, 3.05) is 13.7 Å². The van der Waals surface area contributed by atoms with Gasteiger partial charge >= 0.3 is 5.97 Å². The molecule has 0 radical (unpaired) electrons. The third-order valence-electron chi connectivity index (χ3n) is 4.59. The van der Waals surface area contributed by atoms with Gasteiger partial charge in [-0.3, -0.25) is 9.59 Å². The van der Waals surface area contributed by atoms with Gasteiger partial charge in [0.05, 0.1) is 13.2 Å². The molecule has 0 aliphatic carbocycles. The Labute approximate surface area is 157 Å². The van der Waals surface area contributed by atoms with Crippen LogP contribution in [0.4, 0.5) is 4.39 Å². The van der Waals surface area contributed by atoms with Crippen molar-refractivity contribution in [3.05, 3.63) is 58.2 Å². The van der Waals surface area contributed by atoms with E-state index in [4.69, 9.17) is 4.74 Å². The minimum Gasteiger partial charge on any atom is -0.464 e. The highest BCUT2D eigenvalue weighted by atomic mass is 19.1. The summed E-state index contributed by atoms with van der Waals surface area (Å²) in [5.41, 5.74) is 1.75. The van der Waals surface area contributed by atoms with E-state index in [0.29, 0.717) is 16.8 Å². The number of ether oxygens (including phenoxy) is 1. The van der Waals surface area contributed by atoms with Crippen LogP contribution in [0, 0.1) is 19.7 Å². The highest BCUT2D eigenvalue weighted by Gasteiger charge is 2.31. The molecular formula is C20H23FN2O4. The van der Waals surface area contributed by atoms with E-state index in [0.717, 1.165) is 6.07 Å². The zero-order chi connectivity index (χ0) is 20.3. The summed E-state index contributed by atoms with van der Waals surface area (Å²) in [5.74, 6) is -1.82. The number of likely N-dealkylation sites (N-methyl/N-ethyl adjacent to an activating group) is 1. The van der Waals surface area contributed by atoms with E-state index in [1.165, 1.54) is 30.2 Å². The monoisotopic (exact) mass is 374 g/mol. The van der Waals surface area contributed by atoms with E-state index in [2.05, 4.69) is 4.98 Å². The number of aromatic amines is 1. The maximum Gasteiger partial charge on any atom is 0.354 e. The molecule has 144 valence electrons. The summed E-state index contributed by atoms with van der Waals surface area (Å²) in [6.07, 6.45) is 0. The molecule has 1 aromatic heterocycles. The zero-order valence-corrected chi connectivity index (χ0v) is 16.1. The molecule has 2 rings (SSSR count). The van der Waals surface area contributed by atoms with Crippen molar-refractivity contribution in [1.29, 1.82) is 0 Å². The molecule has 0 unspecified atom stereocenters. The summed E-state index contributed by atoms with van der Waals surface area (Å²) in [7, 11) is 1.26. The zero-order valence-electron chi connectivity index (χ0n) is 16.1. The number of aryl methyl sites for hydroxylation is 1. The average Bonchev–Trinajstić information content (AvgIpc) is 2.95. The summed E-state index contributed by atoms with van der Waals surface area (Å²) in [5, 5.41) is 0. The molecule has 1 amide bonds. The Bertz CT molecular complexity index is 888. The number of hydrogen-bond acceptors (Lipinski definition) is 4. The van der Waals surface area contributed by atoms with Crippen molar-refractivity contribution < 1.29 is 23.5 Å². The number of aromatic nitrogens is 1. The first-order valence-electron chi connectivity index (χ1n) is 8.61. The number of halogens is 1. The predicted octanol–water partition coefficient (Wildman–Crippen LogP) is 3.29. The maximum absolute atomic E-state index is 13.5. The van der Waals surface area contributed by atoms with Crippen LogP contribution >= 0.6 is 0 Å². The molecule has 1 atom stereocenters. The lowest BCUT2D eigenvalue weighted by atomic mass is 9.99. The van der Waals surface area contributed by atoms with Gasteiger partial charge in [-0.1, -0.05) is 6.07 Å². The van der Waals surface area contributed by atoms with E-state index in [-0.39, 0.29) is 23.6 Å². The number of rotatable bonds is 6. The molecule has 1 N–H and O–H groups in total. The van der Waals surface area contributed by atoms with Crippen molar-refractivity contribution in [3.63, 3.8) is 0 Å². The first-order valence-corrected chi connectivity index (χ1v) is 8.61. The Morgan fingerprint density at radius 2 is 1.93 bits per heavy atom. The van der Waals surface area contributed by atoms with Crippen LogP contribution in [0.1, 0.15) is 56.3 Å². The fraction of sp³-hybridized carbons (Fsp3) is 0.350. The van der Waals surface area contributed by atoms with Crippen LogP contribution in [0.5, 0.6) is 0 Å². The van der Waals surface area contributed by atoms with Crippen LogP contribution in [0.15, 0.2) is 24.3 Å². The van der Waals surface area contributed by atoms with E-state index >= 15 is 0 Å². The predicted molar refractivity (Wildman–Crippen MR) is 98.5 cm³/mol. The van der Waals surface area contributed by atoms with Gasteiger partial charge in [-0.25, -0.2) is 9.18 Å². The number of hydrogen-bond donors (Lipinski definition) is 1. The molecule has 0 saturated heterocycles. The number of nitrogens with one attached hydrogen (secondary N) is 1. The highest BCUT2D eigenvalue weighted by Crippen LogP contribution is 2.22. The van der Waals surface area contributed by atoms with Crippen molar-refractivity contribution in [2.45, 2.75) is 33.7 Å². The molecule has 0 aliphatic rings. The van der Waals surface area contributed by atoms with Crippen molar-refractivity contribution in [1.82, 2.24) is 9.88 Å². The third kappa shape index (κ3) is 3.92. The molecule has 1 heterocycles. The first-order chi connectivity index (χ1) is 12.7. The van der Waals surface area contributed by atoms with Crippen LogP contribution in [0.3, 0.4) is 0 Å². The second-order valence-corrected chi connectivity index (χ2v) is 6.26. The van der Waals surface area contributed by atoms with Gasteiger partial charge in [-0.2, -0.15) is 0 Å². The molecule has 0 bridgehead atoms. The Hall–Kier alpha value is -2.96. The van der Waals surface area contributed by atoms with Gasteiger partial charge in [0, 0.05) is 23.4 Å². The van der Waals surface area contributed by atoms with Gasteiger partial charge in [0.2, 0.25) is 0 Å². The summed E-state index contributed by atoms with van der Waals surface area (Å²) < 4.78 is 18.2. The quantitative estimate of drug-likeness (QED) is 0.622. The van der Waals surface area contributed by atoms with Gasteiger partial charge in [0.15, 0.2) is 5.78 Å². The van der Waals surface area contributed by atoms with Gasteiger partial charge in [-0.15, -0.1) is 0 Å². The molecule has 6 nitrogen and oxygen atoms in total. The van der Waals surface area contributed by atoms with E-state index in [1.807, 2.05) is 0 Å². The number of ketones is 1. The van der Waals surface area contributed by atoms with E-state index < -0.39 is 23.7 Å². The molecule has 0 spiro atoms. The number of methoxy groups -OCH3 is 1. The van der Waals surface area contributed by atoms with Gasteiger partial charge < -0.3 is 14.6 Å². The number of H-pyrrole nitrogens is 1. The number of carbonyl (C=O) groups is 3. The minimum atomic E-state index is -0.788. The Morgan fingerprint density at radius 3 is 2.48 bits per heavy atom. The maximum atomic E-state index is 13.5. The summed E-state index contributed by atoms with van der Waals surface area (Å²) in [6, 6.07) is 4.57.